The van der Waals surface area contributed by atoms with Crippen LogP contribution in [0.25, 0.3) is 11.2 Å². The van der Waals surface area contributed by atoms with Crippen LogP contribution in [-0.2, 0) is 11.3 Å². The quantitative estimate of drug-likeness (QED) is 0.836. The van der Waals surface area contributed by atoms with E-state index in [0.717, 1.165) is 19.4 Å². The van der Waals surface area contributed by atoms with Gasteiger partial charge in [0.2, 0.25) is 0 Å². The van der Waals surface area contributed by atoms with Crippen molar-refractivity contribution >= 4 is 23.0 Å². The summed E-state index contributed by atoms with van der Waals surface area (Å²) in [5.74, 6) is 0.432. The van der Waals surface area contributed by atoms with Crippen molar-refractivity contribution in [1.82, 2.24) is 24.8 Å². The number of anilines is 1. The lowest BCUT2D eigenvalue weighted by atomic mass is 10.2. The van der Waals surface area contributed by atoms with E-state index in [1.807, 2.05) is 24.0 Å². The molecule has 2 amide bonds. The third-order valence-corrected chi connectivity index (χ3v) is 5.37. The van der Waals surface area contributed by atoms with E-state index in [-0.39, 0.29) is 17.7 Å². The molecule has 2 aromatic heterocycles. The first-order valence-electron chi connectivity index (χ1n) is 9.92. The van der Waals surface area contributed by atoms with Crippen molar-refractivity contribution in [2.75, 3.05) is 44.2 Å². The number of piperazine rings is 1. The highest BCUT2D eigenvalue weighted by molar-refractivity contribution is 5.75. The second kappa shape index (κ2) is 8.14. The third-order valence-electron chi connectivity index (χ3n) is 5.37. The molecule has 9 nitrogen and oxygen atoms in total. The number of pyridine rings is 1. The van der Waals surface area contributed by atoms with Crippen LogP contribution in [0.1, 0.15) is 19.8 Å². The highest BCUT2D eigenvalue weighted by atomic mass is 16.5. The van der Waals surface area contributed by atoms with Gasteiger partial charge in [0, 0.05) is 52.1 Å². The molecule has 4 rings (SSSR count). The minimum absolute atomic E-state index is 0.0724. The van der Waals surface area contributed by atoms with Gasteiger partial charge >= 0.3 is 6.03 Å². The second-order valence-electron chi connectivity index (χ2n) is 7.13. The molecular formula is C19H26N6O3. The Morgan fingerprint density at radius 2 is 2.14 bits per heavy atom. The predicted molar refractivity (Wildman–Crippen MR) is 106 cm³/mol. The number of ether oxygens (including phenoxy) is 1. The molecular weight excluding hydrogens is 360 g/mol. The highest BCUT2D eigenvalue weighted by Crippen LogP contribution is 2.15. The zero-order chi connectivity index (χ0) is 19.5. The van der Waals surface area contributed by atoms with Gasteiger partial charge in [0.1, 0.15) is 5.52 Å². The number of fused-ring (bicyclic) bond motifs is 1. The fourth-order valence-electron chi connectivity index (χ4n) is 3.80. The lowest BCUT2D eigenvalue weighted by Crippen LogP contribution is -2.53. The molecule has 9 heteroatoms. The summed E-state index contributed by atoms with van der Waals surface area (Å²) >= 11 is 0. The fourth-order valence-corrected chi connectivity index (χ4v) is 3.80. The van der Waals surface area contributed by atoms with Gasteiger partial charge in [-0.1, -0.05) is 0 Å². The lowest BCUT2D eigenvalue weighted by Gasteiger charge is -2.35. The smallest absolute Gasteiger partial charge is 0.317 e. The maximum Gasteiger partial charge on any atom is 0.317 e. The average Bonchev–Trinajstić information content (AvgIpc) is 3.25. The van der Waals surface area contributed by atoms with Gasteiger partial charge in [-0.25, -0.2) is 14.8 Å². The topological polar surface area (TPSA) is 92.6 Å². The number of nitrogens with one attached hydrogen (secondary N) is 1. The van der Waals surface area contributed by atoms with Gasteiger partial charge in [0.15, 0.2) is 11.5 Å². The van der Waals surface area contributed by atoms with Gasteiger partial charge < -0.3 is 19.9 Å². The minimum atomic E-state index is -0.134. The number of hydrogen-bond acceptors (Lipinski definition) is 6. The Kier molecular flexibility index (Phi) is 5.43. The van der Waals surface area contributed by atoms with Crippen LogP contribution in [0, 0.1) is 0 Å². The molecule has 4 heterocycles. The van der Waals surface area contributed by atoms with Crippen LogP contribution in [0.4, 0.5) is 10.6 Å². The first kappa shape index (κ1) is 18.7. The molecule has 28 heavy (non-hydrogen) atoms. The number of nitrogens with zero attached hydrogens (tertiary/aromatic N) is 5. The Morgan fingerprint density at radius 1 is 1.32 bits per heavy atom. The molecule has 0 aliphatic carbocycles. The molecule has 2 aliphatic heterocycles. The highest BCUT2D eigenvalue weighted by Gasteiger charge is 2.25. The van der Waals surface area contributed by atoms with Crippen LogP contribution in [0.2, 0.25) is 0 Å². The van der Waals surface area contributed by atoms with Crippen molar-refractivity contribution in [1.29, 1.82) is 0 Å². The molecule has 0 bridgehead atoms. The van der Waals surface area contributed by atoms with E-state index in [4.69, 9.17) is 4.74 Å². The maximum atomic E-state index is 12.9. The van der Waals surface area contributed by atoms with E-state index in [9.17, 15) is 9.59 Å². The average molecular weight is 386 g/mol. The Balaban J connectivity index is 1.43. The monoisotopic (exact) mass is 386 g/mol. The van der Waals surface area contributed by atoms with Crippen LogP contribution in [0.15, 0.2) is 23.1 Å². The van der Waals surface area contributed by atoms with Crippen LogP contribution >= 0.6 is 0 Å². The molecule has 2 fully saturated rings. The number of carbonyl (C=O) groups excluding carboxylic acids is 1. The van der Waals surface area contributed by atoms with Gasteiger partial charge in [0.05, 0.1) is 6.10 Å². The summed E-state index contributed by atoms with van der Waals surface area (Å²) in [7, 11) is 0. The normalized spacial score (nSPS) is 20.0. The summed E-state index contributed by atoms with van der Waals surface area (Å²) in [5.41, 5.74) is 1.17. The van der Waals surface area contributed by atoms with Crippen LogP contribution in [0.3, 0.4) is 0 Å². The molecule has 0 saturated carbocycles. The number of rotatable bonds is 4. The summed E-state index contributed by atoms with van der Waals surface area (Å²) < 4.78 is 7.19. The van der Waals surface area contributed by atoms with Crippen LogP contribution < -0.4 is 15.8 Å². The van der Waals surface area contributed by atoms with E-state index in [1.165, 1.54) is 0 Å². The Hall–Kier alpha value is -2.68. The largest absolute Gasteiger partial charge is 0.376 e. The number of urea groups is 1. The number of aromatic nitrogens is 3. The molecule has 150 valence electrons. The second-order valence-corrected chi connectivity index (χ2v) is 7.13. The SMILES string of the molecule is CCn1c(=O)c(N2CCN(C(=O)NCC3CCCO3)CC2)nc2cccnc21. The van der Waals surface area contributed by atoms with E-state index < -0.39 is 0 Å². The number of amides is 2. The van der Waals surface area contributed by atoms with Gasteiger partial charge in [-0.05, 0) is 31.9 Å². The van der Waals surface area contributed by atoms with Crippen molar-refractivity contribution in [2.45, 2.75) is 32.4 Å². The Labute approximate surface area is 163 Å². The van der Waals surface area contributed by atoms with Crippen LogP contribution in [0.5, 0.6) is 0 Å². The van der Waals surface area contributed by atoms with E-state index in [2.05, 4.69) is 15.3 Å². The predicted octanol–water partition coefficient (Wildman–Crippen LogP) is 0.822. The molecule has 0 spiro atoms. The fraction of sp³-hybridized carbons (Fsp3) is 0.579. The van der Waals surface area contributed by atoms with Crippen molar-refractivity contribution < 1.29 is 9.53 Å². The number of carbonyl (C=O) groups is 1. The molecule has 1 atom stereocenters. The van der Waals surface area contributed by atoms with Gasteiger partial charge in [-0.2, -0.15) is 0 Å². The van der Waals surface area contributed by atoms with E-state index >= 15 is 0 Å². The lowest BCUT2D eigenvalue weighted by molar-refractivity contribution is 0.108. The molecule has 0 radical (unpaired) electrons. The van der Waals surface area contributed by atoms with Gasteiger partial charge in [0.25, 0.3) is 5.56 Å². The van der Waals surface area contributed by atoms with Gasteiger partial charge in [-0.3, -0.25) is 9.36 Å². The summed E-state index contributed by atoms with van der Waals surface area (Å²) in [6.07, 6.45) is 3.86. The molecule has 2 saturated heterocycles. The summed E-state index contributed by atoms with van der Waals surface area (Å²) in [5, 5.41) is 2.96. The summed E-state index contributed by atoms with van der Waals surface area (Å²) in [4.78, 5) is 37.9. The first-order chi connectivity index (χ1) is 13.7. The van der Waals surface area contributed by atoms with Crippen molar-refractivity contribution in [3.63, 3.8) is 0 Å². The van der Waals surface area contributed by atoms with E-state index in [1.54, 1.807) is 15.7 Å². The molecule has 2 aliphatic rings. The number of aryl methyl sites for hydroxylation is 1. The summed E-state index contributed by atoms with van der Waals surface area (Å²) in [6.45, 7) is 6.05. The molecule has 1 N–H and O–H groups in total. The zero-order valence-corrected chi connectivity index (χ0v) is 16.1. The first-order valence-corrected chi connectivity index (χ1v) is 9.92. The molecule has 0 aromatic carbocycles. The standard InChI is InChI=1S/C19H26N6O3/c1-2-25-16-15(6-3-7-20-16)22-17(18(25)26)23-8-10-24(11-9-23)19(27)21-13-14-5-4-12-28-14/h3,6-7,14H,2,4-5,8-13H2,1H3,(H,21,27). The molecule has 1 unspecified atom stereocenters. The Bertz CT molecular complexity index is 900. The van der Waals surface area contributed by atoms with E-state index in [0.29, 0.717) is 56.3 Å². The van der Waals surface area contributed by atoms with Crippen molar-refractivity contribution in [2.24, 2.45) is 0 Å². The van der Waals surface area contributed by atoms with Gasteiger partial charge in [-0.15, -0.1) is 0 Å². The number of hydrogen-bond donors (Lipinski definition) is 1. The Morgan fingerprint density at radius 3 is 2.86 bits per heavy atom. The van der Waals surface area contributed by atoms with Crippen molar-refractivity contribution in [3.05, 3.63) is 28.7 Å². The molecule has 2 aromatic rings. The third kappa shape index (κ3) is 3.66. The van der Waals surface area contributed by atoms with Crippen LogP contribution in [-0.4, -0.2) is 70.9 Å². The van der Waals surface area contributed by atoms with Crippen molar-refractivity contribution in [3.8, 4) is 0 Å². The zero-order valence-electron chi connectivity index (χ0n) is 16.1. The minimum Gasteiger partial charge on any atom is -0.376 e. The summed E-state index contributed by atoms with van der Waals surface area (Å²) in [6, 6.07) is 3.61. The maximum absolute atomic E-state index is 12.9.